The zero-order valence-corrected chi connectivity index (χ0v) is 12.5. The van der Waals surface area contributed by atoms with Gasteiger partial charge in [0.05, 0.1) is 4.90 Å². The van der Waals surface area contributed by atoms with Crippen molar-refractivity contribution in [1.29, 1.82) is 0 Å². The van der Waals surface area contributed by atoms with Gasteiger partial charge in [-0.3, -0.25) is 4.55 Å². The highest BCUT2D eigenvalue weighted by atomic mass is 35.5. The molecule has 0 saturated heterocycles. The molecule has 22 heavy (non-hydrogen) atoms. The molecule has 0 unspecified atom stereocenters. The molecular weight excluding hydrogens is 342 g/mol. The van der Waals surface area contributed by atoms with Gasteiger partial charge in [-0.2, -0.15) is 27.2 Å². The van der Waals surface area contributed by atoms with Crippen molar-refractivity contribution in [3.05, 3.63) is 34.7 Å². The summed E-state index contributed by atoms with van der Waals surface area (Å²) in [5, 5.41) is 1.87. The maximum atomic E-state index is 13.3. The van der Waals surface area contributed by atoms with Crippen LogP contribution in [0, 0.1) is 18.9 Å². The molecule has 0 aliphatic rings. The molecule has 4 N–H and O–H groups in total. The lowest BCUT2D eigenvalue weighted by Crippen LogP contribution is -2.06. The third-order valence-corrected chi connectivity index (χ3v) is 3.92. The number of nitrogens with zero attached hydrogens (tertiary/aromatic N) is 2. The summed E-state index contributed by atoms with van der Waals surface area (Å²) in [6.45, 7) is 1.52. The van der Waals surface area contributed by atoms with Gasteiger partial charge in [-0.15, -0.1) is 0 Å². The molecule has 7 nitrogen and oxygen atoms in total. The van der Waals surface area contributed by atoms with Gasteiger partial charge in [0.2, 0.25) is 5.95 Å². The van der Waals surface area contributed by atoms with Crippen LogP contribution in [0.15, 0.2) is 17.0 Å². The largest absolute Gasteiger partial charge is 0.398 e. The summed E-state index contributed by atoms with van der Waals surface area (Å²) in [6, 6.07) is 2.06. The highest BCUT2D eigenvalue weighted by Crippen LogP contribution is 2.31. The Morgan fingerprint density at radius 3 is 2.55 bits per heavy atom. The van der Waals surface area contributed by atoms with Crippen LogP contribution in [-0.2, 0) is 10.1 Å². The maximum absolute atomic E-state index is 13.3. The van der Waals surface area contributed by atoms with Crippen molar-refractivity contribution in [3.63, 3.8) is 0 Å². The van der Waals surface area contributed by atoms with Crippen molar-refractivity contribution in [3.8, 4) is 0 Å². The Kier molecular flexibility index (Phi) is 4.18. The first kappa shape index (κ1) is 16.3. The first-order valence-electron chi connectivity index (χ1n) is 5.62. The molecule has 11 heteroatoms. The van der Waals surface area contributed by atoms with Gasteiger partial charge in [-0.1, -0.05) is 11.6 Å². The quantitative estimate of drug-likeness (QED) is 0.336. The summed E-state index contributed by atoms with van der Waals surface area (Å²) >= 11 is 5.61. The molecular formula is C11H9ClF2N4O3S. The van der Waals surface area contributed by atoms with E-state index >= 15 is 0 Å². The number of benzene rings is 1. The third kappa shape index (κ3) is 3.24. The number of aromatic nitrogens is 2. The van der Waals surface area contributed by atoms with E-state index in [-0.39, 0.29) is 11.4 Å². The number of halogens is 3. The summed E-state index contributed by atoms with van der Waals surface area (Å²) in [5.74, 6) is -1.70. The van der Waals surface area contributed by atoms with E-state index in [1.807, 2.05) is 0 Å². The fourth-order valence-electron chi connectivity index (χ4n) is 1.59. The molecule has 0 radical (unpaired) electrons. The van der Waals surface area contributed by atoms with Gasteiger partial charge in [0.25, 0.3) is 10.1 Å². The topological polar surface area (TPSA) is 118 Å². The summed E-state index contributed by atoms with van der Waals surface area (Å²) in [4.78, 5) is 5.58. The standard InChI is InChI=1S/C11H9ClF2N4O3S/c1-4-6(15)2-5(22(19,20)21)3-7(4)16-10-8(12)9(13)17-11(14)18-10/h2-3H,15H2,1H3,(H,16,17,18)(H,19,20,21). The minimum atomic E-state index is -4.52. The van der Waals surface area contributed by atoms with E-state index in [4.69, 9.17) is 21.9 Å². The number of nitrogens with one attached hydrogen (secondary N) is 1. The summed E-state index contributed by atoms with van der Waals surface area (Å²) < 4.78 is 57.7. The highest BCUT2D eigenvalue weighted by molar-refractivity contribution is 7.85. The van der Waals surface area contributed by atoms with E-state index in [1.54, 1.807) is 0 Å². The molecule has 1 aromatic heterocycles. The van der Waals surface area contributed by atoms with Crippen LogP contribution < -0.4 is 11.1 Å². The van der Waals surface area contributed by atoms with Gasteiger partial charge in [-0.25, -0.2) is 0 Å². The predicted molar refractivity (Wildman–Crippen MR) is 75.6 cm³/mol. The summed E-state index contributed by atoms with van der Waals surface area (Å²) in [5.41, 5.74) is 6.08. The van der Waals surface area contributed by atoms with E-state index in [0.717, 1.165) is 12.1 Å². The molecule has 0 saturated carbocycles. The lowest BCUT2D eigenvalue weighted by molar-refractivity contribution is 0.482. The Morgan fingerprint density at radius 2 is 1.95 bits per heavy atom. The normalized spacial score (nSPS) is 11.5. The molecule has 1 heterocycles. The second kappa shape index (κ2) is 5.63. The van der Waals surface area contributed by atoms with Gasteiger partial charge < -0.3 is 11.1 Å². The van der Waals surface area contributed by atoms with Gasteiger partial charge in [0, 0.05) is 11.4 Å². The van der Waals surface area contributed by atoms with E-state index in [1.165, 1.54) is 6.92 Å². The first-order chi connectivity index (χ1) is 10.1. The van der Waals surface area contributed by atoms with Gasteiger partial charge >= 0.3 is 6.08 Å². The summed E-state index contributed by atoms with van der Waals surface area (Å²) in [7, 11) is -4.52. The smallest absolute Gasteiger partial charge is 0.313 e. The van der Waals surface area contributed by atoms with Gasteiger partial charge in [0.1, 0.15) is 5.02 Å². The fraction of sp³-hybridized carbons (Fsp3) is 0.0909. The number of nitrogen functional groups attached to an aromatic ring is 1. The first-order valence-corrected chi connectivity index (χ1v) is 7.44. The second-order valence-electron chi connectivity index (χ2n) is 4.23. The van der Waals surface area contributed by atoms with Crippen molar-refractivity contribution < 1.29 is 21.8 Å². The molecule has 0 fully saturated rings. The minimum Gasteiger partial charge on any atom is -0.398 e. The monoisotopic (exact) mass is 350 g/mol. The maximum Gasteiger partial charge on any atom is 0.313 e. The number of anilines is 3. The molecule has 0 aliphatic heterocycles. The van der Waals surface area contributed by atoms with Crippen LogP contribution in [0.4, 0.5) is 26.0 Å². The third-order valence-electron chi connectivity index (χ3n) is 2.76. The summed E-state index contributed by atoms with van der Waals surface area (Å²) in [6.07, 6.45) is -1.36. The van der Waals surface area contributed by atoms with E-state index in [2.05, 4.69) is 15.3 Å². The van der Waals surface area contributed by atoms with Crippen molar-refractivity contribution in [2.45, 2.75) is 11.8 Å². The molecule has 1 aromatic carbocycles. The molecule has 2 rings (SSSR count). The Hall–Kier alpha value is -2.04. The molecule has 2 aromatic rings. The second-order valence-corrected chi connectivity index (χ2v) is 6.03. The van der Waals surface area contributed by atoms with Crippen LogP contribution in [0.25, 0.3) is 0 Å². The van der Waals surface area contributed by atoms with Crippen LogP contribution >= 0.6 is 11.6 Å². The van der Waals surface area contributed by atoms with Crippen LogP contribution in [0.2, 0.25) is 5.02 Å². The molecule has 0 amide bonds. The molecule has 0 spiro atoms. The highest BCUT2D eigenvalue weighted by Gasteiger charge is 2.17. The van der Waals surface area contributed by atoms with E-state index in [0.29, 0.717) is 5.56 Å². The van der Waals surface area contributed by atoms with Gasteiger partial charge in [0.15, 0.2) is 5.82 Å². The average Bonchev–Trinajstić information content (AvgIpc) is 2.39. The molecule has 0 bridgehead atoms. The van der Waals surface area contributed by atoms with Crippen LogP contribution in [0.1, 0.15) is 5.56 Å². The average molecular weight is 351 g/mol. The fourth-order valence-corrected chi connectivity index (χ4v) is 2.27. The van der Waals surface area contributed by atoms with Crippen molar-refractivity contribution in [2.75, 3.05) is 11.1 Å². The molecule has 118 valence electrons. The number of hydrogen-bond donors (Lipinski definition) is 3. The lowest BCUT2D eigenvalue weighted by atomic mass is 10.1. The Balaban J connectivity index is 2.57. The molecule has 0 atom stereocenters. The lowest BCUT2D eigenvalue weighted by Gasteiger charge is -2.13. The van der Waals surface area contributed by atoms with Crippen molar-refractivity contribution in [1.82, 2.24) is 9.97 Å². The van der Waals surface area contributed by atoms with E-state index < -0.39 is 37.9 Å². The number of hydrogen-bond acceptors (Lipinski definition) is 6. The van der Waals surface area contributed by atoms with Gasteiger partial charge in [-0.05, 0) is 24.6 Å². The van der Waals surface area contributed by atoms with Crippen molar-refractivity contribution in [2.24, 2.45) is 0 Å². The Labute approximate surface area is 128 Å². The number of nitrogens with two attached hydrogens (primary N) is 1. The SMILES string of the molecule is Cc1c(N)cc(S(=O)(=O)O)cc1Nc1nc(F)nc(F)c1Cl. The minimum absolute atomic E-state index is 0.0312. The number of rotatable bonds is 3. The van der Waals surface area contributed by atoms with E-state index in [9.17, 15) is 17.2 Å². The Morgan fingerprint density at radius 1 is 1.32 bits per heavy atom. The zero-order valence-electron chi connectivity index (χ0n) is 10.9. The van der Waals surface area contributed by atoms with Crippen LogP contribution in [0.3, 0.4) is 0 Å². The predicted octanol–water partition coefficient (Wildman–Crippen LogP) is 2.29. The van der Waals surface area contributed by atoms with Crippen LogP contribution in [-0.4, -0.2) is 22.9 Å². The molecule has 0 aliphatic carbocycles. The Bertz CT molecular complexity index is 861. The zero-order chi connectivity index (χ0) is 16.7. The van der Waals surface area contributed by atoms with Crippen molar-refractivity contribution >= 4 is 38.9 Å². The van der Waals surface area contributed by atoms with Crippen LogP contribution in [0.5, 0.6) is 0 Å².